The molecule has 0 aromatic heterocycles. The van der Waals surface area contributed by atoms with Crippen LogP contribution in [-0.4, -0.2) is 18.9 Å². The highest BCUT2D eigenvalue weighted by atomic mass is 16.1. The Kier molecular flexibility index (Phi) is 2.09. The molecule has 2 heteroatoms. The molecule has 1 atom stereocenters. The number of hydrogen-bond donors (Lipinski definition) is 1. The summed E-state index contributed by atoms with van der Waals surface area (Å²) in [6, 6.07) is -0.0368. The molecule has 12 heavy (non-hydrogen) atoms. The van der Waals surface area contributed by atoms with Gasteiger partial charge in [0.25, 0.3) is 0 Å². The van der Waals surface area contributed by atoms with Crippen LogP contribution in [0.15, 0.2) is 23.3 Å². The zero-order valence-electron chi connectivity index (χ0n) is 7.05. The molecule has 0 amide bonds. The Morgan fingerprint density at radius 2 is 2.42 bits per heavy atom. The van der Waals surface area contributed by atoms with Crippen molar-refractivity contribution in [2.75, 3.05) is 6.54 Å². The van der Waals surface area contributed by atoms with E-state index in [1.54, 1.807) is 0 Å². The molecule has 1 unspecified atom stereocenters. The zero-order valence-corrected chi connectivity index (χ0v) is 7.05. The van der Waals surface area contributed by atoms with E-state index < -0.39 is 0 Å². The second-order valence-electron chi connectivity index (χ2n) is 3.32. The van der Waals surface area contributed by atoms with E-state index >= 15 is 0 Å². The molecular weight excluding hydrogens is 150 g/mol. The fourth-order valence-corrected chi connectivity index (χ4v) is 1.93. The van der Waals surface area contributed by atoms with Crippen molar-refractivity contribution < 1.29 is 4.79 Å². The zero-order chi connectivity index (χ0) is 8.39. The van der Waals surface area contributed by atoms with Crippen LogP contribution in [0.25, 0.3) is 0 Å². The topological polar surface area (TPSA) is 29.1 Å². The lowest BCUT2D eigenvalue weighted by atomic mass is 9.88. The summed E-state index contributed by atoms with van der Waals surface area (Å²) in [5.74, 6) is 0. The molecule has 1 aliphatic heterocycles. The van der Waals surface area contributed by atoms with Crippen LogP contribution >= 0.6 is 0 Å². The molecule has 0 aromatic rings. The summed E-state index contributed by atoms with van der Waals surface area (Å²) < 4.78 is 0. The largest absolute Gasteiger partial charge is 0.304 e. The molecule has 0 saturated carbocycles. The predicted molar refractivity (Wildman–Crippen MR) is 47.9 cm³/mol. The first kappa shape index (κ1) is 7.74. The third kappa shape index (κ3) is 1.23. The van der Waals surface area contributed by atoms with E-state index in [1.807, 2.05) is 0 Å². The molecule has 0 spiro atoms. The van der Waals surface area contributed by atoms with Gasteiger partial charge in [-0.3, -0.25) is 0 Å². The Morgan fingerprint density at radius 3 is 3.25 bits per heavy atom. The summed E-state index contributed by atoms with van der Waals surface area (Å²) in [7, 11) is 0. The van der Waals surface area contributed by atoms with E-state index in [0.29, 0.717) is 0 Å². The van der Waals surface area contributed by atoms with Crippen LogP contribution in [0.5, 0.6) is 0 Å². The first-order chi connectivity index (χ1) is 5.92. The minimum Gasteiger partial charge on any atom is -0.304 e. The van der Waals surface area contributed by atoms with Crippen LogP contribution in [0.1, 0.15) is 19.3 Å². The van der Waals surface area contributed by atoms with Gasteiger partial charge in [0.1, 0.15) is 6.29 Å². The van der Waals surface area contributed by atoms with E-state index in [9.17, 15) is 4.79 Å². The molecule has 0 saturated heterocycles. The number of carbonyl (C=O) groups is 1. The Bertz CT molecular complexity index is 253. The second kappa shape index (κ2) is 3.23. The van der Waals surface area contributed by atoms with Gasteiger partial charge in [-0.2, -0.15) is 0 Å². The third-order valence-electron chi connectivity index (χ3n) is 2.58. The van der Waals surface area contributed by atoms with Crippen molar-refractivity contribution in [2.24, 2.45) is 0 Å². The third-order valence-corrected chi connectivity index (χ3v) is 2.58. The van der Waals surface area contributed by atoms with Crippen LogP contribution < -0.4 is 5.32 Å². The van der Waals surface area contributed by atoms with Crippen LogP contribution in [0.4, 0.5) is 0 Å². The normalized spacial score (nSPS) is 28.5. The SMILES string of the molecule is O=CC1NCCC2=C1C=CCC2. The van der Waals surface area contributed by atoms with Gasteiger partial charge in [-0.1, -0.05) is 17.7 Å². The predicted octanol–water partition coefficient (Wildman–Crippen LogP) is 1.19. The fourth-order valence-electron chi connectivity index (χ4n) is 1.93. The van der Waals surface area contributed by atoms with Crippen molar-refractivity contribution in [2.45, 2.75) is 25.3 Å². The second-order valence-corrected chi connectivity index (χ2v) is 3.32. The maximum atomic E-state index is 10.7. The number of rotatable bonds is 1. The van der Waals surface area contributed by atoms with Gasteiger partial charge < -0.3 is 10.1 Å². The van der Waals surface area contributed by atoms with Gasteiger partial charge in [-0.25, -0.2) is 0 Å². The summed E-state index contributed by atoms with van der Waals surface area (Å²) in [5, 5.41) is 3.19. The van der Waals surface area contributed by atoms with E-state index in [0.717, 1.165) is 32.1 Å². The summed E-state index contributed by atoms with van der Waals surface area (Å²) in [5.41, 5.74) is 2.70. The highest BCUT2D eigenvalue weighted by molar-refractivity contribution is 5.66. The minimum atomic E-state index is -0.0368. The number of allylic oxidation sites excluding steroid dienone is 1. The van der Waals surface area contributed by atoms with E-state index in [-0.39, 0.29) is 6.04 Å². The lowest BCUT2D eigenvalue weighted by Crippen LogP contribution is -2.37. The summed E-state index contributed by atoms with van der Waals surface area (Å²) >= 11 is 0. The van der Waals surface area contributed by atoms with Gasteiger partial charge in [0.05, 0.1) is 6.04 Å². The maximum Gasteiger partial charge on any atom is 0.141 e. The first-order valence-electron chi connectivity index (χ1n) is 4.49. The van der Waals surface area contributed by atoms with Crippen LogP contribution in [0.2, 0.25) is 0 Å². The molecule has 1 aliphatic carbocycles. The van der Waals surface area contributed by atoms with E-state index in [1.165, 1.54) is 11.1 Å². The van der Waals surface area contributed by atoms with Crippen molar-refractivity contribution in [3.63, 3.8) is 0 Å². The molecule has 2 aliphatic rings. The quantitative estimate of drug-likeness (QED) is 0.588. The Morgan fingerprint density at radius 1 is 1.50 bits per heavy atom. The summed E-state index contributed by atoms with van der Waals surface area (Å²) in [4.78, 5) is 10.7. The number of hydrogen-bond acceptors (Lipinski definition) is 2. The molecule has 1 N–H and O–H groups in total. The van der Waals surface area contributed by atoms with E-state index in [4.69, 9.17) is 0 Å². The van der Waals surface area contributed by atoms with Crippen molar-refractivity contribution in [1.29, 1.82) is 0 Å². The molecular formula is C10H13NO. The molecule has 64 valence electrons. The van der Waals surface area contributed by atoms with Crippen molar-refractivity contribution in [3.8, 4) is 0 Å². The van der Waals surface area contributed by atoms with Crippen molar-refractivity contribution in [1.82, 2.24) is 5.32 Å². The van der Waals surface area contributed by atoms with Gasteiger partial charge in [-0.05, 0) is 31.4 Å². The van der Waals surface area contributed by atoms with Crippen LogP contribution in [0, 0.1) is 0 Å². The van der Waals surface area contributed by atoms with Crippen molar-refractivity contribution >= 4 is 6.29 Å². The van der Waals surface area contributed by atoms with Gasteiger partial charge in [0.15, 0.2) is 0 Å². The average Bonchev–Trinajstić information content (AvgIpc) is 2.17. The lowest BCUT2D eigenvalue weighted by Gasteiger charge is -2.26. The van der Waals surface area contributed by atoms with Gasteiger partial charge in [-0.15, -0.1) is 0 Å². The van der Waals surface area contributed by atoms with Gasteiger partial charge >= 0.3 is 0 Å². The minimum absolute atomic E-state index is 0.0368. The molecule has 2 rings (SSSR count). The highest BCUT2D eigenvalue weighted by Gasteiger charge is 2.20. The Balaban J connectivity index is 2.30. The molecule has 0 fully saturated rings. The highest BCUT2D eigenvalue weighted by Crippen LogP contribution is 2.26. The summed E-state index contributed by atoms with van der Waals surface area (Å²) in [6.07, 6.45) is 8.67. The first-order valence-corrected chi connectivity index (χ1v) is 4.49. The number of nitrogens with one attached hydrogen (secondary N) is 1. The monoisotopic (exact) mass is 163 g/mol. The number of aldehydes is 1. The van der Waals surface area contributed by atoms with Gasteiger partial charge in [0.2, 0.25) is 0 Å². The molecule has 1 heterocycles. The van der Waals surface area contributed by atoms with E-state index in [2.05, 4.69) is 17.5 Å². The number of carbonyl (C=O) groups excluding carboxylic acids is 1. The summed E-state index contributed by atoms with van der Waals surface area (Å²) in [6.45, 7) is 0.954. The molecule has 0 bridgehead atoms. The Hall–Kier alpha value is -0.890. The maximum absolute atomic E-state index is 10.7. The fraction of sp³-hybridized carbons (Fsp3) is 0.500. The van der Waals surface area contributed by atoms with Gasteiger partial charge in [0, 0.05) is 0 Å². The molecule has 2 nitrogen and oxygen atoms in total. The Labute approximate surface area is 72.3 Å². The van der Waals surface area contributed by atoms with Crippen molar-refractivity contribution in [3.05, 3.63) is 23.3 Å². The average molecular weight is 163 g/mol. The van der Waals surface area contributed by atoms with Crippen LogP contribution in [0.3, 0.4) is 0 Å². The lowest BCUT2D eigenvalue weighted by molar-refractivity contribution is -0.108. The smallest absolute Gasteiger partial charge is 0.141 e. The van der Waals surface area contributed by atoms with Crippen LogP contribution in [-0.2, 0) is 4.79 Å². The standard InChI is InChI=1S/C10H13NO/c12-7-10-9-4-2-1-3-8(9)5-6-11-10/h2,4,7,10-11H,1,3,5-6H2. The molecule has 0 radical (unpaired) electrons. The molecule has 0 aromatic carbocycles.